The average Bonchev–Trinajstić information content (AvgIpc) is 3.27. The molecule has 3 heterocycles. The van der Waals surface area contributed by atoms with Gasteiger partial charge in [0.15, 0.2) is 6.10 Å². The minimum absolute atomic E-state index is 0.0150. The molecule has 176 valence electrons. The molecule has 2 aliphatic heterocycles. The molecule has 1 spiro atoms. The summed E-state index contributed by atoms with van der Waals surface area (Å²) in [4.78, 5) is 34.3. The molecule has 1 aromatic heterocycles. The van der Waals surface area contributed by atoms with E-state index in [1.807, 2.05) is 52.5 Å². The number of carbonyl (C=O) groups is 2. The average molecular weight is 470 g/mol. The van der Waals surface area contributed by atoms with Gasteiger partial charge >= 0.3 is 0 Å². The molecule has 0 N–H and O–H groups in total. The molecule has 0 radical (unpaired) electrons. The van der Waals surface area contributed by atoms with Crippen LogP contribution in [0.1, 0.15) is 36.5 Å². The number of piperidine rings is 1. The molecule has 1 atom stereocenters. The molecule has 0 bridgehead atoms. The van der Waals surface area contributed by atoms with E-state index < -0.39 is 6.10 Å². The van der Waals surface area contributed by atoms with Crippen LogP contribution in [0.3, 0.4) is 0 Å². The third-order valence-electron chi connectivity index (χ3n) is 6.78. The molecule has 1 aromatic carbocycles. The largest absolute Gasteiger partial charge is 0.497 e. The maximum absolute atomic E-state index is 13.0. The van der Waals surface area contributed by atoms with E-state index >= 15 is 0 Å². The van der Waals surface area contributed by atoms with Gasteiger partial charge in [-0.2, -0.15) is 0 Å². The molecule has 2 aromatic rings. The van der Waals surface area contributed by atoms with Gasteiger partial charge in [-0.1, -0.05) is 0 Å². The molecule has 2 amide bonds. The lowest BCUT2D eigenvalue weighted by molar-refractivity contribution is -0.137. The van der Waals surface area contributed by atoms with E-state index in [0.717, 1.165) is 43.1 Å². The number of likely N-dealkylation sites (tertiary alicyclic amines) is 2. The Bertz CT molecular complexity index is 989. The maximum atomic E-state index is 13.0. The molecule has 33 heavy (non-hydrogen) atoms. The summed E-state index contributed by atoms with van der Waals surface area (Å²) >= 11 is 1.49. The zero-order valence-corrected chi connectivity index (χ0v) is 20.3. The van der Waals surface area contributed by atoms with E-state index in [1.165, 1.54) is 11.8 Å². The molecule has 0 aliphatic carbocycles. The number of ether oxygens (including phenoxy) is 2. The normalized spacial score (nSPS) is 18.3. The van der Waals surface area contributed by atoms with Crippen LogP contribution in [0.25, 0.3) is 0 Å². The lowest BCUT2D eigenvalue weighted by Gasteiger charge is -2.39. The molecular weight excluding hydrogens is 438 g/mol. The number of methoxy groups -OCH3 is 1. The van der Waals surface area contributed by atoms with Gasteiger partial charge in [0.2, 0.25) is 0 Å². The number of benzene rings is 1. The number of hydrogen-bond acceptors (Lipinski definition) is 6. The van der Waals surface area contributed by atoms with Gasteiger partial charge in [-0.05, 0) is 74.3 Å². The van der Waals surface area contributed by atoms with Crippen LogP contribution in [-0.2, 0) is 4.79 Å². The van der Waals surface area contributed by atoms with Crippen molar-refractivity contribution in [1.82, 2.24) is 14.8 Å². The highest BCUT2D eigenvalue weighted by molar-refractivity contribution is 7.98. The van der Waals surface area contributed by atoms with Crippen molar-refractivity contribution in [3.05, 3.63) is 48.2 Å². The molecule has 4 rings (SSSR count). The minimum Gasteiger partial charge on any atom is -0.497 e. The van der Waals surface area contributed by atoms with E-state index in [9.17, 15) is 9.59 Å². The first-order valence-electron chi connectivity index (χ1n) is 11.3. The topological polar surface area (TPSA) is 72.0 Å². The van der Waals surface area contributed by atoms with E-state index in [4.69, 9.17) is 9.47 Å². The zero-order chi connectivity index (χ0) is 23.4. The number of nitrogens with zero attached hydrogens (tertiary/aromatic N) is 3. The van der Waals surface area contributed by atoms with Crippen molar-refractivity contribution in [2.24, 2.45) is 5.41 Å². The monoisotopic (exact) mass is 469 g/mol. The number of thioether (sulfide) groups is 1. The highest BCUT2D eigenvalue weighted by Crippen LogP contribution is 2.41. The molecule has 1 unspecified atom stereocenters. The lowest BCUT2D eigenvalue weighted by atomic mass is 9.77. The number of rotatable bonds is 6. The van der Waals surface area contributed by atoms with Gasteiger partial charge in [-0.3, -0.25) is 9.59 Å². The number of aromatic nitrogens is 1. The maximum Gasteiger partial charge on any atom is 0.263 e. The number of carbonyl (C=O) groups excluding carboxylic acids is 2. The second kappa shape index (κ2) is 10.0. The molecule has 8 heteroatoms. The molecule has 7 nitrogen and oxygen atoms in total. The Balaban J connectivity index is 1.32. The predicted molar refractivity (Wildman–Crippen MR) is 128 cm³/mol. The van der Waals surface area contributed by atoms with E-state index in [-0.39, 0.29) is 17.2 Å². The van der Waals surface area contributed by atoms with Crippen LogP contribution in [0, 0.1) is 5.41 Å². The van der Waals surface area contributed by atoms with Gasteiger partial charge < -0.3 is 19.3 Å². The van der Waals surface area contributed by atoms with Crippen LogP contribution in [0.4, 0.5) is 0 Å². The summed E-state index contributed by atoms with van der Waals surface area (Å²) in [6.45, 7) is 4.69. The summed E-state index contributed by atoms with van der Waals surface area (Å²) in [5, 5.41) is 0.770. The van der Waals surface area contributed by atoms with Crippen molar-refractivity contribution in [3.8, 4) is 11.5 Å². The number of pyridine rings is 1. The van der Waals surface area contributed by atoms with E-state index in [1.54, 1.807) is 20.2 Å². The van der Waals surface area contributed by atoms with Crippen LogP contribution in [0.5, 0.6) is 11.5 Å². The summed E-state index contributed by atoms with van der Waals surface area (Å²) in [6.07, 6.45) is 5.89. The Morgan fingerprint density at radius 3 is 2.30 bits per heavy atom. The van der Waals surface area contributed by atoms with Crippen LogP contribution in [0.15, 0.2) is 47.6 Å². The standard InChI is InChI=1S/C25H31N3O4S/c1-18(32-20-8-6-19(31-2)7-9-20)23(29)28-16-12-25(17-28)10-14-27(15-11-25)24(30)21-5-4-13-26-22(21)33-3/h4-9,13,18H,10-12,14-17H2,1-3H3. The predicted octanol–water partition coefficient (Wildman–Crippen LogP) is 3.73. The van der Waals surface area contributed by atoms with Crippen LogP contribution < -0.4 is 9.47 Å². The Morgan fingerprint density at radius 1 is 1.03 bits per heavy atom. The summed E-state index contributed by atoms with van der Waals surface area (Å²) in [5.74, 6) is 1.47. The van der Waals surface area contributed by atoms with Crippen molar-refractivity contribution in [2.75, 3.05) is 39.5 Å². The highest BCUT2D eigenvalue weighted by Gasteiger charge is 2.43. The first-order chi connectivity index (χ1) is 15.9. The van der Waals surface area contributed by atoms with Crippen LogP contribution in [0.2, 0.25) is 0 Å². The Kier molecular flexibility index (Phi) is 7.12. The number of hydrogen-bond donors (Lipinski definition) is 0. The van der Waals surface area contributed by atoms with Gasteiger partial charge in [0.25, 0.3) is 11.8 Å². The number of amides is 2. The smallest absolute Gasteiger partial charge is 0.263 e. The third-order valence-corrected chi connectivity index (χ3v) is 7.49. The van der Waals surface area contributed by atoms with E-state index in [0.29, 0.717) is 24.4 Å². The van der Waals surface area contributed by atoms with Crippen molar-refractivity contribution in [3.63, 3.8) is 0 Å². The summed E-state index contributed by atoms with van der Waals surface area (Å²) in [7, 11) is 1.62. The van der Waals surface area contributed by atoms with Crippen LogP contribution in [-0.4, -0.2) is 72.2 Å². The highest BCUT2D eigenvalue weighted by atomic mass is 32.2. The second-order valence-corrected chi connectivity index (χ2v) is 9.59. The molecular formula is C25H31N3O4S. The fraction of sp³-hybridized carbons (Fsp3) is 0.480. The van der Waals surface area contributed by atoms with Crippen LogP contribution >= 0.6 is 11.8 Å². The quantitative estimate of drug-likeness (QED) is 0.601. The SMILES string of the molecule is COc1ccc(OC(C)C(=O)N2CCC3(CCN(C(=O)c4cccnc4SC)CC3)C2)cc1. The minimum atomic E-state index is -0.550. The molecule has 2 aliphatic rings. The zero-order valence-electron chi connectivity index (χ0n) is 19.5. The summed E-state index contributed by atoms with van der Waals surface area (Å²) in [6, 6.07) is 10.9. The van der Waals surface area contributed by atoms with Gasteiger partial charge in [0.1, 0.15) is 16.5 Å². The Labute approximate surface area is 199 Å². The van der Waals surface area contributed by atoms with Crippen molar-refractivity contribution >= 4 is 23.6 Å². The summed E-state index contributed by atoms with van der Waals surface area (Å²) < 4.78 is 11.0. The second-order valence-electron chi connectivity index (χ2n) is 8.80. The van der Waals surface area contributed by atoms with E-state index in [2.05, 4.69) is 4.98 Å². The Hall–Kier alpha value is -2.74. The van der Waals surface area contributed by atoms with Gasteiger partial charge in [0, 0.05) is 32.4 Å². The van der Waals surface area contributed by atoms with Gasteiger partial charge in [-0.15, -0.1) is 11.8 Å². The molecule has 2 saturated heterocycles. The molecule has 2 fully saturated rings. The first kappa shape index (κ1) is 23.4. The third kappa shape index (κ3) is 5.11. The molecule has 0 saturated carbocycles. The first-order valence-corrected chi connectivity index (χ1v) is 12.5. The van der Waals surface area contributed by atoms with Crippen molar-refractivity contribution in [2.45, 2.75) is 37.3 Å². The fourth-order valence-corrected chi connectivity index (χ4v) is 5.31. The summed E-state index contributed by atoms with van der Waals surface area (Å²) in [5.41, 5.74) is 0.762. The Morgan fingerprint density at radius 2 is 1.67 bits per heavy atom. The van der Waals surface area contributed by atoms with Crippen molar-refractivity contribution < 1.29 is 19.1 Å². The lowest BCUT2D eigenvalue weighted by Crippen LogP contribution is -2.46. The fourth-order valence-electron chi connectivity index (χ4n) is 4.77. The van der Waals surface area contributed by atoms with Crippen molar-refractivity contribution in [1.29, 1.82) is 0 Å². The van der Waals surface area contributed by atoms with Gasteiger partial charge in [-0.25, -0.2) is 4.98 Å². The van der Waals surface area contributed by atoms with Gasteiger partial charge in [0.05, 0.1) is 12.7 Å².